The monoisotopic (exact) mass is 511 g/mol. The van der Waals surface area contributed by atoms with Gasteiger partial charge in [0.05, 0.1) is 5.69 Å². The summed E-state index contributed by atoms with van der Waals surface area (Å²) < 4.78 is 14.6. The lowest BCUT2D eigenvalue weighted by Crippen LogP contribution is -2.48. The molecule has 0 aliphatic carbocycles. The SMILES string of the molecule is CCCCNC(=O)Nc1ccc(C(=O)N2CCN(Cc3cccc(C(=O)NC(C)(C)C)c3)CC2)cc1F. The standard InChI is InChI=1S/C28H38FN5O3/c1-5-6-12-30-27(37)31-24-11-10-22(18-23(24)29)26(36)34-15-13-33(14-16-34)19-20-8-7-9-21(17-20)25(35)32-28(2,3)4/h7-11,17-18H,5-6,12-16,19H2,1-4H3,(H,32,35)(H2,30,31,37). The topological polar surface area (TPSA) is 93.8 Å². The van der Waals surface area contributed by atoms with Crippen LogP contribution in [0.3, 0.4) is 0 Å². The minimum atomic E-state index is -0.648. The van der Waals surface area contributed by atoms with Crippen molar-refractivity contribution in [2.75, 3.05) is 38.0 Å². The predicted octanol–water partition coefficient (Wildman–Crippen LogP) is 4.23. The number of nitrogens with zero attached hydrogens (tertiary/aromatic N) is 2. The van der Waals surface area contributed by atoms with E-state index in [1.807, 2.05) is 45.9 Å². The van der Waals surface area contributed by atoms with Gasteiger partial charge in [-0.1, -0.05) is 25.5 Å². The van der Waals surface area contributed by atoms with Crippen LogP contribution < -0.4 is 16.0 Å². The van der Waals surface area contributed by atoms with Gasteiger partial charge in [-0.05, 0) is 63.1 Å². The summed E-state index contributed by atoms with van der Waals surface area (Å²) in [5.41, 5.74) is 1.64. The van der Waals surface area contributed by atoms with Gasteiger partial charge < -0.3 is 20.9 Å². The first-order chi connectivity index (χ1) is 17.6. The molecule has 0 spiro atoms. The largest absolute Gasteiger partial charge is 0.347 e. The lowest BCUT2D eigenvalue weighted by Gasteiger charge is -2.35. The second-order valence-electron chi connectivity index (χ2n) is 10.4. The van der Waals surface area contributed by atoms with Crippen LogP contribution in [0.5, 0.6) is 0 Å². The highest BCUT2D eigenvalue weighted by Gasteiger charge is 2.23. The van der Waals surface area contributed by atoms with E-state index < -0.39 is 11.8 Å². The number of halogens is 1. The van der Waals surface area contributed by atoms with Crippen LogP contribution in [0.1, 0.15) is 66.8 Å². The van der Waals surface area contributed by atoms with E-state index in [4.69, 9.17) is 0 Å². The van der Waals surface area contributed by atoms with Gasteiger partial charge in [0.1, 0.15) is 5.82 Å². The van der Waals surface area contributed by atoms with Gasteiger partial charge in [-0.15, -0.1) is 0 Å². The molecule has 200 valence electrons. The van der Waals surface area contributed by atoms with E-state index >= 15 is 0 Å². The van der Waals surface area contributed by atoms with E-state index in [9.17, 15) is 18.8 Å². The van der Waals surface area contributed by atoms with Crippen molar-refractivity contribution in [3.8, 4) is 0 Å². The predicted molar refractivity (Wildman–Crippen MR) is 143 cm³/mol. The summed E-state index contributed by atoms with van der Waals surface area (Å²) in [4.78, 5) is 41.3. The van der Waals surface area contributed by atoms with Crippen LogP contribution in [0, 0.1) is 5.82 Å². The summed E-state index contributed by atoms with van der Waals surface area (Å²) in [5.74, 6) is -0.987. The fraction of sp³-hybridized carbons (Fsp3) is 0.464. The maximum atomic E-state index is 14.6. The van der Waals surface area contributed by atoms with Crippen molar-refractivity contribution in [1.82, 2.24) is 20.4 Å². The van der Waals surface area contributed by atoms with Gasteiger partial charge in [-0.3, -0.25) is 14.5 Å². The Hall–Kier alpha value is -3.46. The molecule has 1 heterocycles. The van der Waals surface area contributed by atoms with Crippen molar-refractivity contribution in [2.45, 2.75) is 52.6 Å². The molecule has 0 unspecified atom stereocenters. The Labute approximate surface area is 218 Å². The van der Waals surface area contributed by atoms with Crippen LogP contribution in [-0.4, -0.2) is 65.9 Å². The molecule has 1 aliphatic rings. The molecular formula is C28H38FN5O3. The summed E-state index contributed by atoms with van der Waals surface area (Å²) >= 11 is 0. The van der Waals surface area contributed by atoms with Gasteiger partial charge in [0.25, 0.3) is 11.8 Å². The fourth-order valence-electron chi connectivity index (χ4n) is 4.07. The van der Waals surface area contributed by atoms with Crippen LogP contribution in [0.4, 0.5) is 14.9 Å². The Morgan fingerprint density at radius 3 is 2.35 bits per heavy atom. The molecule has 3 rings (SSSR count). The highest BCUT2D eigenvalue weighted by molar-refractivity contribution is 5.96. The molecule has 0 radical (unpaired) electrons. The Morgan fingerprint density at radius 1 is 0.973 bits per heavy atom. The van der Waals surface area contributed by atoms with Crippen molar-refractivity contribution in [1.29, 1.82) is 0 Å². The Balaban J connectivity index is 1.52. The molecule has 2 aromatic carbocycles. The van der Waals surface area contributed by atoms with Gasteiger partial charge in [-0.2, -0.15) is 0 Å². The molecular weight excluding hydrogens is 473 g/mol. The summed E-state index contributed by atoms with van der Waals surface area (Å²) in [6.07, 6.45) is 1.79. The number of anilines is 1. The van der Waals surface area contributed by atoms with Gasteiger partial charge in [-0.25, -0.2) is 9.18 Å². The van der Waals surface area contributed by atoms with E-state index in [2.05, 4.69) is 20.9 Å². The summed E-state index contributed by atoms with van der Waals surface area (Å²) in [6, 6.07) is 11.2. The molecule has 1 saturated heterocycles. The Morgan fingerprint density at radius 2 is 1.70 bits per heavy atom. The van der Waals surface area contributed by atoms with Crippen LogP contribution >= 0.6 is 0 Å². The molecule has 8 nitrogen and oxygen atoms in total. The number of amides is 4. The van der Waals surface area contributed by atoms with Gasteiger partial charge >= 0.3 is 6.03 Å². The quantitative estimate of drug-likeness (QED) is 0.463. The second kappa shape index (κ2) is 12.7. The van der Waals surface area contributed by atoms with E-state index in [0.717, 1.165) is 18.4 Å². The van der Waals surface area contributed by atoms with Gasteiger partial charge in [0.2, 0.25) is 0 Å². The molecule has 1 fully saturated rings. The van der Waals surface area contributed by atoms with Crippen LogP contribution in [-0.2, 0) is 6.54 Å². The average Bonchev–Trinajstić information content (AvgIpc) is 2.84. The highest BCUT2D eigenvalue weighted by Crippen LogP contribution is 2.19. The van der Waals surface area contributed by atoms with E-state index in [0.29, 0.717) is 44.8 Å². The third-order valence-electron chi connectivity index (χ3n) is 6.02. The third kappa shape index (κ3) is 8.56. The molecule has 0 atom stereocenters. The number of carbonyl (C=O) groups is 3. The summed E-state index contributed by atoms with van der Waals surface area (Å²) in [7, 11) is 0. The number of benzene rings is 2. The number of nitrogens with one attached hydrogen (secondary N) is 3. The normalized spacial score (nSPS) is 14.2. The number of hydrogen-bond donors (Lipinski definition) is 3. The maximum Gasteiger partial charge on any atom is 0.319 e. The van der Waals surface area contributed by atoms with Gasteiger partial charge in [0, 0.05) is 55.9 Å². The van der Waals surface area contributed by atoms with Crippen LogP contribution in [0.15, 0.2) is 42.5 Å². The Bertz CT molecular complexity index is 1110. The minimum absolute atomic E-state index is 0.0359. The van der Waals surface area contributed by atoms with Crippen LogP contribution in [0.2, 0.25) is 0 Å². The van der Waals surface area contributed by atoms with E-state index in [1.54, 1.807) is 11.0 Å². The van der Waals surface area contributed by atoms with Gasteiger partial charge in [0.15, 0.2) is 0 Å². The van der Waals surface area contributed by atoms with Crippen molar-refractivity contribution in [3.05, 3.63) is 65.0 Å². The molecule has 37 heavy (non-hydrogen) atoms. The number of rotatable bonds is 8. The van der Waals surface area contributed by atoms with Crippen LogP contribution in [0.25, 0.3) is 0 Å². The summed E-state index contributed by atoms with van der Waals surface area (Å²) in [6.45, 7) is 11.4. The highest BCUT2D eigenvalue weighted by atomic mass is 19.1. The zero-order valence-electron chi connectivity index (χ0n) is 22.2. The average molecular weight is 512 g/mol. The third-order valence-corrected chi connectivity index (χ3v) is 6.02. The number of urea groups is 1. The zero-order valence-corrected chi connectivity index (χ0v) is 22.2. The van der Waals surface area contributed by atoms with Crippen molar-refractivity contribution in [2.24, 2.45) is 0 Å². The first-order valence-corrected chi connectivity index (χ1v) is 12.8. The number of hydrogen-bond acceptors (Lipinski definition) is 4. The lowest BCUT2D eigenvalue weighted by molar-refractivity contribution is 0.0627. The molecule has 4 amide bonds. The van der Waals surface area contributed by atoms with Crippen molar-refractivity contribution >= 4 is 23.5 Å². The maximum absolute atomic E-state index is 14.6. The zero-order chi connectivity index (χ0) is 27.0. The number of unbranched alkanes of at least 4 members (excludes halogenated alkanes) is 1. The smallest absolute Gasteiger partial charge is 0.319 e. The Kier molecular flexibility index (Phi) is 9.63. The molecule has 1 aliphatic heterocycles. The van der Waals surface area contributed by atoms with E-state index in [1.165, 1.54) is 18.2 Å². The second-order valence-corrected chi connectivity index (χ2v) is 10.4. The molecule has 0 bridgehead atoms. The molecule has 0 saturated carbocycles. The molecule has 3 N–H and O–H groups in total. The lowest BCUT2D eigenvalue weighted by atomic mass is 10.1. The van der Waals surface area contributed by atoms with Crippen molar-refractivity contribution in [3.63, 3.8) is 0 Å². The number of carbonyl (C=O) groups excluding carboxylic acids is 3. The van der Waals surface area contributed by atoms with E-state index in [-0.39, 0.29) is 28.6 Å². The molecule has 0 aromatic heterocycles. The number of piperazine rings is 1. The molecule has 9 heteroatoms. The summed E-state index contributed by atoms with van der Waals surface area (Å²) in [5, 5.41) is 8.13. The van der Waals surface area contributed by atoms with Crippen molar-refractivity contribution < 1.29 is 18.8 Å². The first kappa shape index (κ1) is 28.1. The fourth-order valence-corrected chi connectivity index (χ4v) is 4.07. The minimum Gasteiger partial charge on any atom is -0.347 e. The molecule has 2 aromatic rings. The first-order valence-electron chi connectivity index (χ1n) is 12.8.